The number of carbonyl (C=O) groups is 2. The first-order valence-electron chi connectivity index (χ1n) is 11.3. The molecule has 1 saturated heterocycles. The van der Waals surface area contributed by atoms with E-state index in [0.29, 0.717) is 31.5 Å². The van der Waals surface area contributed by atoms with E-state index >= 15 is 0 Å². The van der Waals surface area contributed by atoms with Crippen LogP contribution in [0.25, 0.3) is 0 Å². The van der Waals surface area contributed by atoms with E-state index in [1.54, 1.807) is 0 Å². The Morgan fingerprint density at radius 1 is 0.862 bits per heavy atom. The van der Waals surface area contributed by atoms with Crippen molar-refractivity contribution in [1.29, 1.82) is 0 Å². The molecule has 1 heterocycles. The standard InChI is InChI=1S/C24H36N2O3/c1-18(2)20-10-12-22(13-11-20)29-19(3)23(27)25-14-7-15-26(17-16-25)24(28)21-8-5-4-6-9-21/h10-13,18-19,21H,4-9,14-17H2,1-3H3. The molecule has 2 amide bonds. The van der Waals surface area contributed by atoms with E-state index in [-0.39, 0.29) is 11.8 Å². The Labute approximate surface area is 175 Å². The Bertz CT molecular complexity index is 680. The fourth-order valence-corrected chi connectivity index (χ4v) is 4.41. The van der Waals surface area contributed by atoms with Crippen molar-refractivity contribution >= 4 is 11.8 Å². The predicted octanol–water partition coefficient (Wildman–Crippen LogP) is 4.22. The van der Waals surface area contributed by atoms with Crippen molar-refractivity contribution in [3.8, 4) is 5.75 Å². The molecule has 0 radical (unpaired) electrons. The van der Waals surface area contributed by atoms with Gasteiger partial charge in [0, 0.05) is 32.1 Å². The van der Waals surface area contributed by atoms with Gasteiger partial charge in [0.1, 0.15) is 5.75 Å². The molecule has 2 fully saturated rings. The normalized spacial score (nSPS) is 19.7. The zero-order valence-corrected chi connectivity index (χ0v) is 18.2. The first kappa shape index (κ1) is 21.7. The van der Waals surface area contributed by atoms with Crippen LogP contribution in [-0.4, -0.2) is 53.9 Å². The van der Waals surface area contributed by atoms with Crippen LogP contribution in [0.15, 0.2) is 24.3 Å². The molecule has 160 valence electrons. The van der Waals surface area contributed by atoms with Gasteiger partial charge < -0.3 is 14.5 Å². The average molecular weight is 401 g/mol. The second-order valence-corrected chi connectivity index (χ2v) is 8.82. The summed E-state index contributed by atoms with van der Waals surface area (Å²) < 4.78 is 5.90. The monoisotopic (exact) mass is 400 g/mol. The zero-order chi connectivity index (χ0) is 20.8. The molecular weight excluding hydrogens is 364 g/mol. The van der Waals surface area contributed by atoms with E-state index in [1.807, 2.05) is 28.9 Å². The Kier molecular flexibility index (Phi) is 7.57. The van der Waals surface area contributed by atoms with Crippen LogP contribution in [-0.2, 0) is 9.59 Å². The van der Waals surface area contributed by atoms with Crippen molar-refractivity contribution in [1.82, 2.24) is 9.80 Å². The van der Waals surface area contributed by atoms with Crippen molar-refractivity contribution in [3.63, 3.8) is 0 Å². The van der Waals surface area contributed by atoms with Crippen molar-refractivity contribution in [2.75, 3.05) is 26.2 Å². The molecule has 1 aromatic rings. The van der Waals surface area contributed by atoms with Crippen LogP contribution < -0.4 is 4.74 Å². The van der Waals surface area contributed by atoms with E-state index in [2.05, 4.69) is 26.0 Å². The molecule has 1 aliphatic heterocycles. The van der Waals surface area contributed by atoms with Crippen molar-refractivity contribution in [2.24, 2.45) is 5.92 Å². The fraction of sp³-hybridized carbons (Fsp3) is 0.667. The summed E-state index contributed by atoms with van der Waals surface area (Å²) in [7, 11) is 0. The quantitative estimate of drug-likeness (QED) is 0.744. The first-order chi connectivity index (χ1) is 14.0. The lowest BCUT2D eigenvalue weighted by molar-refractivity contribution is -0.139. The molecule has 1 saturated carbocycles. The number of carbonyl (C=O) groups excluding carboxylic acids is 2. The summed E-state index contributed by atoms with van der Waals surface area (Å²) in [5, 5.41) is 0. The summed E-state index contributed by atoms with van der Waals surface area (Å²) in [4.78, 5) is 29.6. The number of hydrogen-bond acceptors (Lipinski definition) is 3. The summed E-state index contributed by atoms with van der Waals surface area (Å²) in [6, 6.07) is 7.98. The molecule has 0 spiro atoms. The minimum Gasteiger partial charge on any atom is -0.481 e. The molecule has 5 nitrogen and oxygen atoms in total. The molecule has 29 heavy (non-hydrogen) atoms. The topological polar surface area (TPSA) is 49.9 Å². The lowest BCUT2D eigenvalue weighted by Crippen LogP contribution is -2.43. The maximum atomic E-state index is 12.9. The zero-order valence-electron chi connectivity index (χ0n) is 18.2. The Morgan fingerprint density at radius 3 is 2.14 bits per heavy atom. The largest absolute Gasteiger partial charge is 0.481 e. The van der Waals surface area contributed by atoms with Crippen LogP contribution in [0, 0.1) is 5.92 Å². The van der Waals surface area contributed by atoms with Crippen molar-refractivity contribution in [2.45, 2.75) is 71.3 Å². The molecule has 1 unspecified atom stereocenters. The van der Waals surface area contributed by atoms with Gasteiger partial charge in [0.15, 0.2) is 6.10 Å². The van der Waals surface area contributed by atoms with Gasteiger partial charge >= 0.3 is 0 Å². The molecule has 0 N–H and O–H groups in total. The number of amides is 2. The van der Waals surface area contributed by atoms with E-state index in [1.165, 1.54) is 24.8 Å². The van der Waals surface area contributed by atoms with Gasteiger partial charge in [-0.15, -0.1) is 0 Å². The minimum absolute atomic E-state index is 0.00454. The third-order valence-corrected chi connectivity index (χ3v) is 6.28. The molecule has 2 aliphatic rings. The van der Waals surface area contributed by atoms with Gasteiger partial charge in [0.25, 0.3) is 5.91 Å². The van der Waals surface area contributed by atoms with Crippen LogP contribution >= 0.6 is 0 Å². The predicted molar refractivity (Wildman–Crippen MR) is 115 cm³/mol. The maximum absolute atomic E-state index is 12.9. The summed E-state index contributed by atoms with van der Waals surface area (Å²) in [6.45, 7) is 8.80. The maximum Gasteiger partial charge on any atom is 0.263 e. The van der Waals surface area contributed by atoms with E-state index in [4.69, 9.17) is 4.74 Å². The number of rotatable bonds is 5. The molecule has 3 rings (SSSR count). The van der Waals surface area contributed by atoms with Crippen molar-refractivity contribution in [3.05, 3.63) is 29.8 Å². The van der Waals surface area contributed by atoms with Gasteiger partial charge in [-0.1, -0.05) is 45.2 Å². The second-order valence-electron chi connectivity index (χ2n) is 8.82. The van der Waals surface area contributed by atoms with Gasteiger partial charge in [-0.3, -0.25) is 9.59 Å². The molecule has 1 aliphatic carbocycles. The highest BCUT2D eigenvalue weighted by Gasteiger charge is 2.29. The molecule has 0 bridgehead atoms. The summed E-state index contributed by atoms with van der Waals surface area (Å²) >= 11 is 0. The highest BCUT2D eigenvalue weighted by molar-refractivity contribution is 5.81. The molecule has 1 aromatic carbocycles. The molecule has 0 aromatic heterocycles. The van der Waals surface area contributed by atoms with Crippen LogP contribution in [0.4, 0.5) is 0 Å². The van der Waals surface area contributed by atoms with Crippen LogP contribution in [0.2, 0.25) is 0 Å². The number of benzene rings is 1. The lowest BCUT2D eigenvalue weighted by Gasteiger charge is -2.29. The number of ether oxygens (including phenoxy) is 1. The number of nitrogens with zero attached hydrogens (tertiary/aromatic N) is 2. The van der Waals surface area contributed by atoms with Crippen molar-refractivity contribution < 1.29 is 14.3 Å². The SMILES string of the molecule is CC(Oc1ccc(C(C)C)cc1)C(=O)N1CCCN(C(=O)C2CCCCC2)CC1. The van der Waals surface area contributed by atoms with Gasteiger partial charge in [0.05, 0.1) is 0 Å². The Morgan fingerprint density at radius 2 is 1.48 bits per heavy atom. The van der Waals surface area contributed by atoms with Gasteiger partial charge in [-0.05, 0) is 49.8 Å². The lowest BCUT2D eigenvalue weighted by atomic mass is 9.88. The Balaban J connectivity index is 1.52. The fourth-order valence-electron chi connectivity index (χ4n) is 4.41. The highest BCUT2D eigenvalue weighted by atomic mass is 16.5. The third-order valence-electron chi connectivity index (χ3n) is 6.28. The first-order valence-corrected chi connectivity index (χ1v) is 11.3. The summed E-state index contributed by atoms with van der Waals surface area (Å²) in [6.07, 6.45) is 5.95. The van der Waals surface area contributed by atoms with E-state index < -0.39 is 6.10 Å². The Hall–Kier alpha value is -2.04. The smallest absolute Gasteiger partial charge is 0.263 e. The highest BCUT2D eigenvalue weighted by Crippen LogP contribution is 2.26. The second kappa shape index (κ2) is 10.1. The number of hydrogen-bond donors (Lipinski definition) is 0. The summed E-state index contributed by atoms with van der Waals surface area (Å²) in [5.74, 6) is 1.69. The molecule has 1 atom stereocenters. The average Bonchev–Trinajstić information content (AvgIpc) is 3.00. The third kappa shape index (κ3) is 5.74. The van der Waals surface area contributed by atoms with Crippen LogP contribution in [0.5, 0.6) is 5.75 Å². The summed E-state index contributed by atoms with van der Waals surface area (Å²) in [5.41, 5.74) is 1.26. The minimum atomic E-state index is -0.527. The van der Waals surface area contributed by atoms with Gasteiger partial charge in [-0.25, -0.2) is 0 Å². The van der Waals surface area contributed by atoms with E-state index in [0.717, 1.165) is 31.6 Å². The molecule has 5 heteroatoms. The molecular formula is C24H36N2O3. The van der Waals surface area contributed by atoms with Gasteiger partial charge in [0.2, 0.25) is 5.91 Å². The van der Waals surface area contributed by atoms with Crippen LogP contribution in [0.3, 0.4) is 0 Å². The van der Waals surface area contributed by atoms with E-state index in [9.17, 15) is 9.59 Å². The van der Waals surface area contributed by atoms with Gasteiger partial charge in [-0.2, -0.15) is 0 Å². The van der Waals surface area contributed by atoms with Crippen LogP contribution in [0.1, 0.15) is 70.8 Å².